The van der Waals surface area contributed by atoms with Crippen LogP contribution in [0.5, 0.6) is 0 Å². The van der Waals surface area contributed by atoms with Crippen molar-refractivity contribution in [2.45, 2.75) is 31.0 Å². The summed E-state index contributed by atoms with van der Waals surface area (Å²) in [6, 6.07) is 6.09. The molecule has 0 aliphatic heterocycles. The van der Waals surface area contributed by atoms with Crippen LogP contribution >= 0.6 is 23.1 Å². The molecule has 5 nitrogen and oxygen atoms in total. The number of amides is 1. The number of hydrogen-bond acceptors (Lipinski definition) is 5. The van der Waals surface area contributed by atoms with Crippen LogP contribution in [0.4, 0.5) is 14.5 Å². The summed E-state index contributed by atoms with van der Waals surface area (Å²) in [5.41, 5.74) is 1.10. The first-order chi connectivity index (χ1) is 12.3. The van der Waals surface area contributed by atoms with Crippen LogP contribution in [0, 0.1) is 13.8 Å². The number of carbonyl (C=O) groups excluding carboxylic acids is 1. The number of alkyl halides is 2. The predicted molar refractivity (Wildman–Crippen MR) is 100 cm³/mol. The largest absolute Gasteiger partial charge is 0.325 e. The van der Waals surface area contributed by atoms with E-state index in [0.29, 0.717) is 32.6 Å². The molecule has 136 valence electrons. The Balaban J connectivity index is 1.74. The Labute approximate surface area is 156 Å². The molecular weight excluding hydrogens is 380 g/mol. The minimum atomic E-state index is -2.49. The second-order valence-electron chi connectivity index (χ2n) is 5.59. The van der Waals surface area contributed by atoms with Gasteiger partial charge in [-0.15, -0.1) is 11.3 Å². The molecule has 26 heavy (non-hydrogen) atoms. The molecule has 0 saturated heterocycles. The highest BCUT2D eigenvalue weighted by Gasteiger charge is 2.14. The van der Waals surface area contributed by atoms with E-state index in [2.05, 4.69) is 10.3 Å². The Morgan fingerprint density at radius 2 is 2.00 bits per heavy atom. The van der Waals surface area contributed by atoms with Crippen molar-refractivity contribution < 1.29 is 13.6 Å². The molecule has 0 fully saturated rings. The van der Waals surface area contributed by atoms with E-state index < -0.39 is 11.7 Å². The zero-order valence-electron chi connectivity index (χ0n) is 14.0. The van der Waals surface area contributed by atoms with Gasteiger partial charge in [0.25, 0.3) is 11.3 Å². The summed E-state index contributed by atoms with van der Waals surface area (Å²) in [5.74, 6) is -2.89. The summed E-state index contributed by atoms with van der Waals surface area (Å²) in [6.07, 6.45) is 1.36. The number of thioether (sulfide) groups is 1. The monoisotopic (exact) mass is 395 g/mol. The molecule has 3 aromatic rings. The molecule has 1 N–H and O–H groups in total. The predicted octanol–water partition coefficient (Wildman–Crippen LogP) is 4.03. The summed E-state index contributed by atoms with van der Waals surface area (Å²) < 4.78 is 25.9. The third-order valence-electron chi connectivity index (χ3n) is 3.83. The van der Waals surface area contributed by atoms with Crippen molar-refractivity contribution in [1.29, 1.82) is 0 Å². The highest BCUT2D eigenvalue weighted by molar-refractivity contribution is 7.99. The fourth-order valence-electron chi connectivity index (χ4n) is 2.46. The van der Waals surface area contributed by atoms with Crippen LogP contribution in [-0.4, -0.2) is 21.2 Å². The number of hydrogen-bond donors (Lipinski definition) is 1. The molecule has 2 aromatic heterocycles. The van der Waals surface area contributed by atoms with Crippen LogP contribution in [0.1, 0.15) is 10.4 Å². The van der Waals surface area contributed by atoms with Crippen LogP contribution in [0.2, 0.25) is 0 Å². The second-order valence-corrected chi connectivity index (χ2v) is 7.86. The van der Waals surface area contributed by atoms with E-state index >= 15 is 0 Å². The third kappa shape index (κ3) is 3.94. The zero-order valence-corrected chi connectivity index (χ0v) is 15.6. The van der Waals surface area contributed by atoms with Gasteiger partial charge in [0.15, 0.2) is 0 Å². The molecule has 0 saturated carbocycles. The number of aryl methyl sites for hydroxylation is 2. The molecule has 0 aliphatic rings. The lowest BCUT2D eigenvalue weighted by Crippen LogP contribution is -2.27. The van der Waals surface area contributed by atoms with Crippen LogP contribution < -0.4 is 10.9 Å². The first-order valence-corrected chi connectivity index (χ1v) is 9.34. The maximum absolute atomic E-state index is 12.6. The van der Waals surface area contributed by atoms with Crippen LogP contribution in [0.3, 0.4) is 0 Å². The molecule has 0 unspecified atom stereocenters. The quantitative estimate of drug-likeness (QED) is 0.663. The van der Waals surface area contributed by atoms with E-state index in [4.69, 9.17) is 0 Å². The van der Waals surface area contributed by atoms with Crippen molar-refractivity contribution in [1.82, 2.24) is 9.55 Å². The Bertz CT molecular complexity index is 1010. The van der Waals surface area contributed by atoms with Crippen molar-refractivity contribution in [2.75, 3.05) is 5.32 Å². The van der Waals surface area contributed by atoms with Gasteiger partial charge in [-0.2, -0.15) is 8.78 Å². The van der Waals surface area contributed by atoms with Crippen molar-refractivity contribution in [2.24, 2.45) is 0 Å². The molecule has 3 rings (SSSR count). The normalized spacial score (nSPS) is 11.3. The van der Waals surface area contributed by atoms with Gasteiger partial charge in [0.05, 0.1) is 11.7 Å². The maximum atomic E-state index is 12.6. The molecule has 1 amide bonds. The zero-order chi connectivity index (χ0) is 18.8. The molecule has 1 aromatic carbocycles. The van der Waals surface area contributed by atoms with Crippen LogP contribution in [-0.2, 0) is 11.3 Å². The Morgan fingerprint density at radius 3 is 2.65 bits per heavy atom. The molecule has 0 atom stereocenters. The summed E-state index contributed by atoms with van der Waals surface area (Å²) in [5, 5.41) is 3.18. The minimum absolute atomic E-state index is 0.177. The topological polar surface area (TPSA) is 64.0 Å². The first-order valence-electron chi connectivity index (χ1n) is 7.65. The lowest BCUT2D eigenvalue weighted by atomic mass is 10.2. The van der Waals surface area contributed by atoms with E-state index in [1.54, 1.807) is 12.1 Å². The van der Waals surface area contributed by atoms with Gasteiger partial charge >= 0.3 is 0 Å². The Kier molecular flexibility index (Phi) is 5.38. The average molecular weight is 395 g/mol. The van der Waals surface area contributed by atoms with Crippen LogP contribution in [0.15, 0.2) is 40.3 Å². The van der Waals surface area contributed by atoms with Gasteiger partial charge in [-0.3, -0.25) is 14.2 Å². The van der Waals surface area contributed by atoms with E-state index in [1.165, 1.54) is 34.4 Å². The fourth-order valence-corrected chi connectivity index (χ4v) is 3.94. The number of halogens is 2. The second kappa shape index (κ2) is 7.55. The van der Waals surface area contributed by atoms with Gasteiger partial charge in [0, 0.05) is 15.5 Å². The molecule has 2 heterocycles. The number of fused-ring (bicyclic) bond motifs is 1. The van der Waals surface area contributed by atoms with Gasteiger partial charge in [-0.05, 0) is 43.7 Å². The lowest BCUT2D eigenvalue weighted by Gasteiger charge is -2.08. The van der Waals surface area contributed by atoms with E-state index in [1.807, 2.05) is 13.8 Å². The minimum Gasteiger partial charge on any atom is -0.325 e. The number of rotatable bonds is 5. The van der Waals surface area contributed by atoms with Gasteiger partial charge in [-0.1, -0.05) is 11.8 Å². The van der Waals surface area contributed by atoms with Gasteiger partial charge in [-0.25, -0.2) is 4.98 Å². The lowest BCUT2D eigenvalue weighted by molar-refractivity contribution is -0.116. The summed E-state index contributed by atoms with van der Waals surface area (Å²) in [7, 11) is 0. The number of thiophene rings is 1. The highest BCUT2D eigenvalue weighted by atomic mass is 32.2. The number of nitrogens with one attached hydrogen (secondary N) is 1. The summed E-state index contributed by atoms with van der Waals surface area (Å²) in [6.45, 7) is 3.61. The SMILES string of the molecule is Cc1sc2ncn(CC(=O)Nc3ccc(SC(F)F)cc3)c(=O)c2c1C. The van der Waals surface area contributed by atoms with E-state index in [9.17, 15) is 18.4 Å². The van der Waals surface area contributed by atoms with Gasteiger partial charge < -0.3 is 5.32 Å². The van der Waals surface area contributed by atoms with E-state index in [0.717, 1.165) is 10.4 Å². The molecule has 0 radical (unpaired) electrons. The third-order valence-corrected chi connectivity index (χ3v) is 5.67. The summed E-state index contributed by atoms with van der Waals surface area (Å²) >= 11 is 1.88. The highest BCUT2D eigenvalue weighted by Crippen LogP contribution is 2.26. The Hall–Kier alpha value is -2.26. The number of anilines is 1. The standard InChI is InChI=1S/C17H15F2N3O2S2/c1-9-10(2)25-15-14(9)16(24)22(8-20-15)7-13(23)21-11-3-5-12(6-4-11)26-17(18)19/h3-6,8,17H,7H2,1-2H3,(H,21,23). The smallest absolute Gasteiger partial charge is 0.288 e. The number of nitrogens with zero attached hydrogens (tertiary/aromatic N) is 2. The maximum Gasteiger partial charge on any atom is 0.288 e. The van der Waals surface area contributed by atoms with Crippen LogP contribution in [0.25, 0.3) is 10.2 Å². The average Bonchev–Trinajstić information content (AvgIpc) is 2.87. The fraction of sp³-hybridized carbons (Fsp3) is 0.235. The molecule has 0 spiro atoms. The number of benzene rings is 1. The molecule has 9 heteroatoms. The van der Waals surface area contributed by atoms with Crippen molar-refractivity contribution in [3.8, 4) is 0 Å². The van der Waals surface area contributed by atoms with Crippen molar-refractivity contribution in [3.05, 3.63) is 51.4 Å². The van der Waals surface area contributed by atoms with E-state index in [-0.39, 0.29) is 12.1 Å². The van der Waals surface area contributed by atoms with Gasteiger partial charge in [0.2, 0.25) is 5.91 Å². The van der Waals surface area contributed by atoms with Crippen molar-refractivity contribution >= 4 is 44.9 Å². The molecule has 0 bridgehead atoms. The van der Waals surface area contributed by atoms with Gasteiger partial charge in [0.1, 0.15) is 11.4 Å². The number of carbonyl (C=O) groups is 1. The molecular formula is C17H15F2N3O2S2. The molecule has 0 aliphatic carbocycles. The Morgan fingerprint density at radius 1 is 1.31 bits per heavy atom. The van der Waals surface area contributed by atoms with Crippen molar-refractivity contribution in [3.63, 3.8) is 0 Å². The first kappa shape index (κ1) is 18.5. The summed E-state index contributed by atoms with van der Waals surface area (Å²) in [4.78, 5) is 31.1. The number of aromatic nitrogens is 2.